The van der Waals surface area contributed by atoms with E-state index in [2.05, 4.69) is 10.2 Å². The lowest BCUT2D eigenvalue weighted by Crippen LogP contribution is -2.44. The first-order valence-electron chi connectivity index (χ1n) is 6.66. The zero-order chi connectivity index (χ0) is 15.5. The molecule has 1 rings (SSSR count). The fourth-order valence-corrected chi connectivity index (χ4v) is 4.14. The number of rotatable bonds is 7. The van der Waals surface area contributed by atoms with Crippen LogP contribution in [0.3, 0.4) is 0 Å². The maximum atomic E-state index is 12.7. The fraction of sp³-hybridized carbons (Fsp3) is 0.750. The molecule has 0 aromatic carbocycles. The van der Waals surface area contributed by atoms with Crippen LogP contribution in [0.4, 0.5) is 0 Å². The second kappa shape index (κ2) is 6.66. The van der Waals surface area contributed by atoms with E-state index in [1.807, 2.05) is 32.8 Å². The maximum absolute atomic E-state index is 12.7. The number of H-pyrrole nitrogens is 1. The van der Waals surface area contributed by atoms with Crippen LogP contribution in [0.5, 0.6) is 0 Å². The second-order valence-electron chi connectivity index (χ2n) is 5.16. The van der Waals surface area contributed by atoms with Crippen LogP contribution in [0.2, 0.25) is 0 Å². The molecule has 0 saturated carbocycles. The molecule has 0 bridgehead atoms. The van der Waals surface area contributed by atoms with Crippen LogP contribution in [-0.4, -0.2) is 61.0 Å². The Hall–Kier alpha value is -0.960. The number of hydrogen-bond acceptors (Lipinski definition) is 5. The Morgan fingerprint density at radius 3 is 2.45 bits per heavy atom. The van der Waals surface area contributed by atoms with Crippen LogP contribution in [-0.2, 0) is 16.6 Å². The first kappa shape index (κ1) is 17.1. The molecule has 0 aliphatic heterocycles. The Bertz CT molecular complexity index is 538. The van der Waals surface area contributed by atoms with Gasteiger partial charge in [0.05, 0.1) is 0 Å². The molecule has 0 saturated heterocycles. The monoisotopic (exact) mass is 303 g/mol. The Morgan fingerprint density at radius 2 is 2.00 bits per heavy atom. The quantitative estimate of drug-likeness (QED) is 0.747. The summed E-state index contributed by atoms with van der Waals surface area (Å²) in [7, 11) is 0.202. The smallest absolute Gasteiger partial charge is 0.262 e. The predicted molar refractivity (Wildman–Crippen MR) is 78.8 cm³/mol. The van der Waals surface area contributed by atoms with Crippen molar-refractivity contribution in [3.05, 3.63) is 11.3 Å². The van der Waals surface area contributed by atoms with Gasteiger partial charge in [-0.2, -0.15) is 9.40 Å². The van der Waals surface area contributed by atoms with Gasteiger partial charge in [-0.3, -0.25) is 5.10 Å². The summed E-state index contributed by atoms with van der Waals surface area (Å²) in [4.78, 5) is 1.96. The van der Waals surface area contributed by atoms with Gasteiger partial charge < -0.3 is 10.6 Å². The summed E-state index contributed by atoms with van der Waals surface area (Å²) >= 11 is 0. The van der Waals surface area contributed by atoms with Gasteiger partial charge in [0.1, 0.15) is 0 Å². The summed E-state index contributed by atoms with van der Waals surface area (Å²) in [6.07, 6.45) is 0. The minimum Gasteiger partial charge on any atom is -0.326 e. The van der Waals surface area contributed by atoms with E-state index in [4.69, 9.17) is 5.73 Å². The summed E-state index contributed by atoms with van der Waals surface area (Å²) in [6, 6.07) is -0.136. The molecule has 1 atom stereocenters. The number of aromatic nitrogens is 2. The fourth-order valence-electron chi connectivity index (χ4n) is 2.33. The van der Waals surface area contributed by atoms with Crippen molar-refractivity contribution in [1.82, 2.24) is 19.4 Å². The van der Waals surface area contributed by atoms with E-state index < -0.39 is 10.0 Å². The molecule has 0 radical (unpaired) electrons. The Balaban J connectivity index is 3.18. The molecule has 7 nitrogen and oxygen atoms in total. The number of aromatic amines is 1. The van der Waals surface area contributed by atoms with Crippen LogP contribution in [0.15, 0.2) is 5.03 Å². The minimum absolute atomic E-state index is 0.0463. The second-order valence-corrected chi connectivity index (χ2v) is 6.96. The molecule has 1 heterocycles. The van der Waals surface area contributed by atoms with Crippen molar-refractivity contribution in [2.75, 3.05) is 27.2 Å². The predicted octanol–water partition coefficient (Wildman–Crippen LogP) is 0.138. The van der Waals surface area contributed by atoms with Crippen LogP contribution in [0.1, 0.15) is 25.1 Å². The molecular weight excluding hydrogens is 278 g/mol. The molecule has 0 aliphatic carbocycles. The van der Waals surface area contributed by atoms with Crippen LogP contribution in [0, 0.1) is 6.92 Å². The number of hydrogen-bond donors (Lipinski definition) is 2. The lowest BCUT2D eigenvalue weighted by atomic mass is 10.3. The van der Waals surface area contributed by atoms with Gasteiger partial charge in [0, 0.05) is 36.9 Å². The number of nitrogens with two attached hydrogens (primary N) is 1. The highest BCUT2D eigenvalue weighted by atomic mass is 32.2. The Labute approximate surface area is 121 Å². The van der Waals surface area contributed by atoms with Crippen LogP contribution < -0.4 is 5.73 Å². The molecule has 20 heavy (non-hydrogen) atoms. The summed E-state index contributed by atoms with van der Waals surface area (Å²) in [5.41, 5.74) is 6.89. The van der Waals surface area contributed by atoms with E-state index in [0.717, 1.165) is 0 Å². The first-order chi connectivity index (χ1) is 9.25. The Kier molecular flexibility index (Phi) is 5.69. The van der Waals surface area contributed by atoms with Gasteiger partial charge in [-0.25, -0.2) is 8.42 Å². The number of nitrogens with one attached hydrogen (secondary N) is 1. The summed E-state index contributed by atoms with van der Waals surface area (Å²) in [6.45, 7) is 6.68. The number of likely N-dealkylation sites (N-methyl/N-ethyl adjacent to an activating group) is 2. The van der Waals surface area contributed by atoms with Gasteiger partial charge in [0.2, 0.25) is 0 Å². The molecule has 0 aliphatic rings. The molecule has 8 heteroatoms. The summed E-state index contributed by atoms with van der Waals surface area (Å²) in [5.74, 6) is 0. The Morgan fingerprint density at radius 1 is 1.40 bits per heavy atom. The standard InChI is InChI=1S/C12H25N5O2S/c1-6-17(9(2)8-16(4)5)20(18,19)12-11(7-13)10(3)14-15-12/h9H,6-8,13H2,1-5H3,(H,14,15). The van der Waals surface area contributed by atoms with Crippen molar-refractivity contribution >= 4 is 10.0 Å². The molecule has 0 spiro atoms. The molecule has 3 N–H and O–H groups in total. The van der Waals surface area contributed by atoms with Crippen molar-refractivity contribution in [2.45, 2.75) is 38.4 Å². The molecule has 0 amide bonds. The average Bonchev–Trinajstić information content (AvgIpc) is 2.70. The number of sulfonamides is 1. The lowest BCUT2D eigenvalue weighted by Gasteiger charge is -2.28. The highest BCUT2D eigenvalue weighted by molar-refractivity contribution is 7.89. The average molecular weight is 303 g/mol. The molecule has 1 aromatic heterocycles. The van der Waals surface area contributed by atoms with Crippen LogP contribution in [0.25, 0.3) is 0 Å². The van der Waals surface area contributed by atoms with Gasteiger partial charge in [-0.1, -0.05) is 6.92 Å². The third-order valence-electron chi connectivity index (χ3n) is 3.23. The highest BCUT2D eigenvalue weighted by Crippen LogP contribution is 2.21. The van der Waals surface area contributed by atoms with E-state index in [-0.39, 0.29) is 17.6 Å². The zero-order valence-electron chi connectivity index (χ0n) is 12.8. The van der Waals surface area contributed by atoms with Gasteiger partial charge in [-0.15, -0.1) is 0 Å². The topological polar surface area (TPSA) is 95.3 Å². The largest absolute Gasteiger partial charge is 0.326 e. The molecule has 0 fully saturated rings. The van der Waals surface area contributed by atoms with Crippen molar-refractivity contribution in [1.29, 1.82) is 0 Å². The number of aryl methyl sites for hydroxylation is 1. The number of nitrogens with zero attached hydrogens (tertiary/aromatic N) is 3. The first-order valence-corrected chi connectivity index (χ1v) is 8.10. The SMILES string of the molecule is CCN(C(C)CN(C)C)S(=O)(=O)c1n[nH]c(C)c1CN. The van der Waals surface area contributed by atoms with Gasteiger partial charge in [0.25, 0.3) is 10.0 Å². The van der Waals surface area contributed by atoms with E-state index in [9.17, 15) is 8.42 Å². The molecular formula is C12H25N5O2S. The normalized spacial score (nSPS) is 14.2. The molecule has 1 aromatic rings. The third-order valence-corrected chi connectivity index (χ3v) is 5.29. The van der Waals surface area contributed by atoms with Crippen molar-refractivity contribution in [3.63, 3.8) is 0 Å². The highest BCUT2D eigenvalue weighted by Gasteiger charge is 2.32. The van der Waals surface area contributed by atoms with E-state index in [1.54, 1.807) is 6.92 Å². The van der Waals surface area contributed by atoms with Gasteiger partial charge in [-0.05, 0) is 27.9 Å². The van der Waals surface area contributed by atoms with Gasteiger partial charge in [0.15, 0.2) is 5.03 Å². The lowest BCUT2D eigenvalue weighted by molar-refractivity contribution is 0.271. The zero-order valence-corrected chi connectivity index (χ0v) is 13.7. The van der Waals surface area contributed by atoms with Crippen LogP contribution >= 0.6 is 0 Å². The van der Waals surface area contributed by atoms with Gasteiger partial charge >= 0.3 is 0 Å². The summed E-state index contributed by atoms with van der Waals surface area (Å²) < 4.78 is 27.0. The molecule has 1 unspecified atom stereocenters. The third kappa shape index (κ3) is 3.38. The van der Waals surface area contributed by atoms with E-state index in [1.165, 1.54) is 4.31 Å². The van der Waals surface area contributed by atoms with Crippen molar-refractivity contribution in [2.24, 2.45) is 5.73 Å². The van der Waals surface area contributed by atoms with Crippen molar-refractivity contribution in [3.8, 4) is 0 Å². The van der Waals surface area contributed by atoms with Crippen molar-refractivity contribution < 1.29 is 8.42 Å². The summed E-state index contributed by atoms with van der Waals surface area (Å²) in [5, 5.41) is 6.69. The molecule has 116 valence electrons. The maximum Gasteiger partial charge on any atom is 0.262 e. The van der Waals surface area contributed by atoms with E-state index in [0.29, 0.717) is 24.3 Å². The minimum atomic E-state index is -3.63. The van der Waals surface area contributed by atoms with E-state index >= 15 is 0 Å².